The van der Waals surface area contributed by atoms with Gasteiger partial charge in [-0.05, 0) is 24.3 Å². The van der Waals surface area contributed by atoms with Gasteiger partial charge in [0.1, 0.15) is 5.82 Å². The Balaban J connectivity index is 1.96. The van der Waals surface area contributed by atoms with Crippen LogP contribution in [0.1, 0.15) is 10.4 Å². The summed E-state index contributed by atoms with van der Waals surface area (Å²) in [6.45, 7) is 0. The van der Waals surface area contributed by atoms with E-state index in [4.69, 9.17) is 21.1 Å². The Morgan fingerprint density at radius 2 is 1.88 bits per heavy atom. The number of rotatable bonds is 4. The van der Waals surface area contributed by atoms with E-state index in [0.717, 1.165) is 5.52 Å². The van der Waals surface area contributed by atoms with Crippen LogP contribution in [-0.2, 0) is 0 Å². The first-order chi connectivity index (χ1) is 11.5. The molecule has 0 bridgehead atoms. The molecule has 3 aromatic rings. The summed E-state index contributed by atoms with van der Waals surface area (Å²) in [5, 5.41) is 3.31. The van der Waals surface area contributed by atoms with Gasteiger partial charge in [-0.1, -0.05) is 11.6 Å². The zero-order chi connectivity index (χ0) is 17.3. The number of fused-ring (bicyclic) bond motifs is 1. The average Bonchev–Trinajstić information content (AvgIpc) is 2.99. The molecule has 24 heavy (non-hydrogen) atoms. The van der Waals surface area contributed by atoms with Crippen molar-refractivity contribution in [2.75, 3.05) is 19.5 Å². The van der Waals surface area contributed by atoms with Gasteiger partial charge in [0.2, 0.25) is 0 Å². The van der Waals surface area contributed by atoms with Crippen molar-refractivity contribution in [1.82, 2.24) is 4.98 Å². The molecule has 0 aliphatic heterocycles. The van der Waals surface area contributed by atoms with Crippen LogP contribution in [0.2, 0.25) is 5.02 Å². The van der Waals surface area contributed by atoms with Crippen molar-refractivity contribution >= 4 is 34.1 Å². The van der Waals surface area contributed by atoms with Gasteiger partial charge < -0.3 is 19.8 Å². The quantitative estimate of drug-likeness (QED) is 0.741. The predicted molar refractivity (Wildman–Crippen MR) is 90.8 cm³/mol. The molecule has 124 valence electrons. The molecule has 2 N–H and O–H groups in total. The molecular formula is C17H14ClFN2O3. The summed E-state index contributed by atoms with van der Waals surface area (Å²) in [6, 6.07) is 7.46. The van der Waals surface area contributed by atoms with Crippen molar-refractivity contribution < 1.29 is 18.7 Å². The molecule has 7 heteroatoms. The number of nitrogens with one attached hydrogen (secondary N) is 2. The van der Waals surface area contributed by atoms with E-state index in [9.17, 15) is 9.18 Å². The minimum absolute atomic E-state index is 0.0573. The first kappa shape index (κ1) is 16.1. The van der Waals surface area contributed by atoms with E-state index in [2.05, 4.69) is 10.3 Å². The molecule has 0 unspecified atom stereocenters. The third-order valence-corrected chi connectivity index (χ3v) is 3.90. The van der Waals surface area contributed by atoms with Crippen LogP contribution in [0.3, 0.4) is 0 Å². The fourth-order valence-corrected chi connectivity index (χ4v) is 2.59. The number of methoxy groups -OCH3 is 2. The normalized spacial score (nSPS) is 10.7. The third-order valence-electron chi connectivity index (χ3n) is 3.61. The van der Waals surface area contributed by atoms with Crippen molar-refractivity contribution in [3.05, 3.63) is 52.9 Å². The van der Waals surface area contributed by atoms with Crippen molar-refractivity contribution in [3.8, 4) is 11.5 Å². The van der Waals surface area contributed by atoms with Gasteiger partial charge in [-0.3, -0.25) is 4.79 Å². The first-order valence-corrected chi connectivity index (χ1v) is 7.40. The Hall–Kier alpha value is -2.73. The smallest absolute Gasteiger partial charge is 0.257 e. The standard InChI is InChI=1S/C17H14ClFN2O3/c1-23-15-6-10-11(8-20-14(10)7-16(15)24-2)17(22)21-9-3-4-13(19)12(18)5-9/h3-8,20H,1-2H3,(H,21,22). The first-order valence-electron chi connectivity index (χ1n) is 7.03. The third kappa shape index (κ3) is 2.88. The molecule has 0 aliphatic rings. The van der Waals surface area contributed by atoms with E-state index >= 15 is 0 Å². The SMILES string of the molecule is COc1cc2[nH]cc(C(=O)Nc3ccc(F)c(Cl)c3)c2cc1OC. The van der Waals surface area contributed by atoms with Crippen LogP contribution in [0.15, 0.2) is 36.5 Å². The highest BCUT2D eigenvalue weighted by Gasteiger charge is 2.16. The molecule has 1 amide bonds. The number of carbonyl (C=O) groups excluding carboxylic acids is 1. The van der Waals surface area contributed by atoms with Gasteiger partial charge in [-0.2, -0.15) is 0 Å². The number of aromatic nitrogens is 1. The summed E-state index contributed by atoms with van der Waals surface area (Å²) < 4.78 is 23.7. The maximum absolute atomic E-state index is 13.2. The van der Waals surface area contributed by atoms with Crippen molar-refractivity contribution in [1.29, 1.82) is 0 Å². The molecule has 0 saturated carbocycles. The van der Waals surface area contributed by atoms with Crippen molar-refractivity contribution in [2.45, 2.75) is 0 Å². The fourth-order valence-electron chi connectivity index (χ4n) is 2.41. The van der Waals surface area contributed by atoms with Gasteiger partial charge in [0.15, 0.2) is 11.5 Å². The Morgan fingerprint density at radius 3 is 2.54 bits per heavy atom. The maximum Gasteiger partial charge on any atom is 0.257 e. The predicted octanol–water partition coefficient (Wildman–Crippen LogP) is 4.23. The number of H-pyrrole nitrogens is 1. The van der Waals surface area contributed by atoms with E-state index < -0.39 is 5.82 Å². The van der Waals surface area contributed by atoms with Crippen LogP contribution in [0.4, 0.5) is 10.1 Å². The molecule has 0 spiro atoms. The van der Waals surface area contributed by atoms with E-state index in [-0.39, 0.29) is 10.9 Å². The number of halogens is 2. The van der Waals surface area contributed by atoms with Crippen LogP contribution < -0.4 is 14.8 Å². The van der Waals surface area contributed by atoms with Gasteiger partial charge in [-0.15, -0.1) is 0 Å². The lowest BCUT2D eigenvalue weighted by Crippen LogP contribution is -2.11. The Labute approximate surface area is 142 Å². The van der Waals surface area contributed by atoms with Gasteiger partial charge in [0.25, 0.3) is 5.91 Å². The highest BCUT2D eigenvalue weighted by Crippen LogP contribution is 2.33. The Bertz CT molecular complexity index is 924. The number of benzene rings is 2. The summed E-state index contributed by atoms with van der Waals surface area (Å²) in [4.78, 5) is 15.5. The molecule has 0 atom stereocenters. The van der Waals surface area contributed by atoms with Gasteiger partial charge in [0.05, 0.1) is 30.3 Å². The summed E-state index contributed by atoms with van der Waals surface area (Å²) in [5.74, 6) is 0.183. The fraction of sp³-hybridized carbons (Fsp3) is 0.118. The monoisotopic (exact) mass is 348 g/mol. The van der Waals surface area contributed by atoms with Gasteiger partial charge >= 0.3 is 0 Å². The number of anilines is 1. The van der Waals surface area contributed by atoms with Gasteiger partial charge in [-0.25, -0.2) is 4.39 Å². The van der Waals surface area contributed by atoms with Crippen molar-refractivity contribution in [3.63, 3.8) is 0 Å². The molecule has 5 nitrogen and oxygen atoms in total. The van der Waals surface area contributed by atoms with E-state index in [1.807, 2.05) is 0 Å². The largest absolute Gasteiger partial charge is 0.493 e. The lowest BCUT2D eigenvalue weighted by molar-refractivity contribution is 0.102. The minimum atomic E-state index is -0.543. The van der Waals surface area contributed by atoms with E-state index in [1.165, 1.54) is 25.3 Å². The van der Waals surface area contributed by atoms with Crippen LogP contribution in [0, 0.1) is 5.82 Å². The maximum atomic E-state index is 13.2. The minimum Gasteiger partial charge on any atom is -0.493 e. The molecular weight excluding hydrogens is 335 g/mol. The van der Waals surface area contributed by atoms with E-state index in [1.54, 1.807) is 25.4 Å². The molecule has 0 aliphatic carbocycles. The highest BCUT2D eigenvalue weighted by molar-refractivity contribution is 6.31. The van der Waals surface area contributed by atoms with Crippen LogP contribution in [-0.4, -0.2) is 25.1 Å². The number of aromatic amines is 1. The van der Waals surface area contributed by atoms with E-state index in [0.29, 0.717) is 28.1 Å². The zero-order valence-corrected chi connectivity index (χ0v) is 13.7. The summed E-state index contributed by atoms with van der Waals surface area (Å²) >= 11 is 5.73. The number of hydrogen-bond acceptors (Lipinski definition) is 3. The van der Waals surface area contributed by atoms with Crippen molar-refractivity contribution in [2.24, 2.45) is 0 Å². The lowest BCUT2D eigenvalue weighted by atomic mass is 10.1. The molecule has 3 rings (SSSR count). The second-order valence-electron chi connectivity index (χ2n) is 5.04. The second kappa shape index (κ2) is 6.41. The number of hydrogen-bond donors (Lipinski definition) is 2. The molecule has 0 radical (unpaired) electrons. The molecule has 0 saturated heterocycles. The van der Waals surface area contributed by atoms with Crippen LogP contribution >= 0.6 is 11.6 Å². The topological polar surface area (TPSA) is 63.4 Å². The van der Waals surface area contributed by atoms with Crippen LogP contribution in [0.5, 0.6) is 11.5 Å². The summed E-state index contributed by atoms with van der Waals surface area (Å²) in [5.41, 5.74) is 1.56. The Morgan fingerprint density at radius 1 is 1.17 bits per heavy atom. The molecule has 1 heterocycles. The molecule has 1 aromatic heterocycles. The second-order valence-corrected chi connectivity index (χ2v) is 5.45. The molecule has 2 aromatic carbocycles. The van der Waals surface area contributed by atoms with Crippen LogP contribution in [0.25, 0.3) is 10.9 Å². The molecule has 0 fully saturated rings. The number of carbonyl (C=O) groups is 1. The average molecular weight is 349 g/mol. The lowest BCUT2D eigenvalue weighted by Gasteiger charge is -2.08. The number of amides is 1. The summed E-state index contributed by atoms with van der Waals surface area (Å²) in [7, 11) is 3.06. The zero-order valence-electron chi connectivity index (χ0n) is 12.9. The number of ether oxygens (including phenoxy) is 2. The highest BCUT2D eigenvalue weighted by atomic mass is 35.5. The van der Waals surface area contributed by atoms with Gasteiger partial charge in [0, 0.05) is 23.3 Å². The summed E-state index contributed by atoms with van der Waals surface area (Å²) in [6.07, 6.45) is 1.59. The Kier molecular flexibility index (Phi) is 4.31.